The van der Waals surface area contributed by atoms with Crippen molar-refractivity contribution in [1.82, 2.24) is 4.90 Å². The van der Waals surface area contributed by atoms with Crippen molar-refractivity contribution in [3.63, 3.8) is 0 Å². The van der Waals surface area contributed by atoms with Crippen molar-refractivity contribution in [2.75, 3.05) is 0 Å². The van der Waals surface area contributed by atoms with Crippen molar-refractivity contribution >= 4 is 0 Å². The van der Waals surface area contributed by atoms with Gasteiger partial charge in [-0.2, -0.15) is 5.26 Å². The Bertz CT molecular complexity index is 253. The molecule has 0 aromatic heterocycles. The SMILES string of the molecule is CC1(C)CCCC(C)(C)N1/C=C/C#N. The molecule has 0 aromatic rings. The van der Waals surface area contributed by atoms with Crippen LogP contribution in [0.5, 0.6) is 0 Å². The van der Waals surface area contributed by atoms with Crippen LogP contribution < -0.4 is 0 Å². The van der Waals surface area contributed by atoms with Crippen LogP contribution in [0.25, 0.3) is 0 Å². The van der Waals surface area contributed by atoms with Gasteiger partial charge >= 0.3 is 0 Å². The molecule has 0 aliphatic carbocycles. The van der Waals surface area contributed by atoms with E-state index in [-0.39, 0.29) is 11.1 Å². The maximum absolute atomic E-state index is 8.57. The van der Waals surface area contributed by atoms with Crippen molar-refractivity contribution in [3.05, 3.63) is 12.3 Å². The fourth-order valence-electron chi connectivity index (χ4n) is 2.53. The van der Waals surface area contributed by atoms with E-state index >= 15 is 0 Å². The molecule has 2 heteroatoms. The number of likely N-dealkylation sites (tertiary alicyclic amines) is 1. The molecule has 1 saturated heterocycles. The Balaban J connectivity index is 2.92. The van der Waals surface area contributed by atoms with E-state index < -0.39 is 0 Å². The van der Waals surface area contributed by atoms with Crippen molar-refractivity contribution in [2.45, 2.75) is 58.0 Å². The Morgan fingerprint density at radius 3 is 2.07 bits per heavy atom. The molecule has 0 bridgehead atoms. The third-order valence-corrected chi connectivity index (χ3v) is 3.18. The van der Waals surface area contributed by atoms with E-state index in [4.69, 9.17) is 5.26 Å². The van der Waals surface area contributed by atoms with Crippen LogP contribution in [-0.2, 0) is 0 Å². The van der Waals surface area contributed by atoms with E-state index in [1.165, 1.54) is 19.3 Å². The van der Waals surface area contributed by atoms with Gasteiger partial charge in [-0.15, -0.1) is 0 Å². The van der Waals surface area contributed by atoms with E-state index in [1.54, 1.807) is 6.08 Å². The zero-order valence-electron chi connectivity index (χ0n) is 9.67. The lowest BCUT2D eigenvalue weighted by molar-refractivity contribution is 0.0192. The highest BCUT2D eigenvalue weighted by molar-refractivity contribution is 5.09. The number of hydrogen-bond acceptors (Lipinski definition) is 2. The van der Waals surface area contributed by atoms with E-state index in [2.05, 4.69) is 38.7 Å². The number of nitriles is 1. The molecule has 1 fully saturated rings. The molecule has 0 aromatic carbocycles. The van der Waals surface area contributed by atoms with E-state index in [0.29, 0.717) is 0 Å². The van der Waals surface area contributed by atoms with Crippen LogP contribution in [-0.4, -0.2) is 16.0 Å². The molecular formula is C12H20N2. The lowest BCUT2D eigenvalue weighted by Crippen LogP contribution is -2.55. The highest BCUT2D eigenvalue weighted by Gasteiger charge is 2.38. The predicted molar refractivity (Wildman–Crippen MR) is 58.6 cm³/mol. The molecule has 78 valence electrons. The molecule has 0 saturated carbocycles. The van der Waals surface area contributed by atoms with Gasteiger partial charge in [0.2, 0.25) is 0 Å². The molecule has 0 radical (unpaired) electrons. The fourth-order valence-corrected chi connectivity index (χ4v) is 2.53. The summed E-state index contributed by atoms with van der Waals surface area (Å²) in [7, 11) is 0. The van der Waals surface area contributed by atoms with E-state index in [0.717, 1.165) is 0 Å². The molecular weight excluding hydrogens is 172 g/mol. The monoisotopic (exact) mass is 192 g/mol. The minimum Gasteiger partial charge on any atom is -0.367 e. The van der Waals surface area contributed by atoms with Crippen molar-refractivity contribution < 1.29 is 0 Å². The van der Waals surface area contributed by atoms with Gasteiger partial charge in [-0.1, -0.05) is 0 Å². The molecule has 0 unspecified atom stereocenters. The average Bonchev–Trinajstić information content (AvgIpc) is 2.01. The van der Waals surface area contributed by atoms with Gasteiger partial charge < -0.3 is 4.90 Å². The second kappa shape index (κ2) is 3.65. The molecule has 0 N–H and O–H groups in total. The summed E-state index contributed by atoms with van der Waals surface area (Å²) in [6, 6.07) is 2.07. The van der Waals surface area contributed by atoms with Crippen molar-refractivity contribution in [3.8, 4) is 6.07 Å². The van der Waals surface area contributed by atoms with Crippen LogP contribution in [0, 0.1) is 11.3 Å². The average molecular weight is 192 g/mol. The van der Waals surface area contributed by atoms with Crippen molar-refractivity contribution in [1.29, 1.82) is 5.26 Å². The third kappa shape index (κ3) is 2.09. The number of allylic oxidation sites excluding steroid dienone is 1. The Hall–Kier alpha value is -0.970. The summed E-state index contributed by atoms with van der Waals surface area (Å²) < 4.78 is 0. The van der Waals surface area contributed by atoms with Gasteiger partial charge in [-0.05, 0) is 47.0 Å². The van der Waals surface area contributed by atoms with Gasteiger partial charge in [-0.3, -0.25) is 0 Å². The smallest absolute Gasteiger partial charge is 0.0927 e. The zero-order valence-corrected chi connectivity index (χ0v) is 9.67. The Kier molecular flexibility index (Phi) is 2.89. The third-order valence-electron chi connectivity index (χ3n) is 3.18. The summed E-state index contributed by atoms with van der Waals surface area (Å²) in [6.07, 6.45) is 7.20. The number of nitrogens with zero attached hydrogens (tertiary/aromatic N) is 2. The predicted octanol–water partition coefficient (Wildman–Crippen LogP) is 3.07. The number of rotatable bonds is 1. The first-order chi connectivity index (χ1) is 6.40. The molecule has 1 aliphatic heterocycles. The summed E-state index contributed by atoms with van der Waals surface area (Å²) in [6.45, 7) is 8.98. The second-order valence-electron chi connectivity index (χ2n) is 5.29. The summed E-state index contributed by atoms with van der Waals surface area (Å²) in [5.74, 6) is 0. The molecule has 1 aliphatic rings. The summed E-state index contributed by atoms with van der Waals surface area (Å²) in [5.41, 5.74) is 0.351. The zero-order chi connectivity index (χ0) is 10.8. The topological polar surface area (TPSA) is 27.0 Å². The van der Waals surface area contributed by atoms with Gasteiger partial charge in [-0.25, -0.2) is 0 Å². The highest BCUT2D eigenvalue weighted by atomic mass is 15.2. The van der Waals surface area contributed by atoms with Crippen LogP contribution in [0.1, 0.15) is 47.0 Å². The minimum atomic E-state index is 0.176. The molecule has 1 heterocycles. The largest absolute Gasteiger partial charge is 0.367 e. The first kappa shape index (κ1) is 11.1. The Morgan fingerprint density at radius 2 is 1.64 bits per heavy atom. The van der Waals surface area contributed by atoms with Crippen LogP contribution >= 0.6 is 0 Å². The van der Waals surface area contributed by atoms with Crippen LogP contribution in [0.4, 0.5) is 0 Å². The molecule has 0 atom stereocenters. The number of hydrogen-bond donors (Lipinski definition) is 0. The van der Waals surface area contributed by atoms with Gasteiger partial charge in [0.25, 0.3) is 0 Å². The highest BCUT2D eigenvalue weighted by Crippen LogP contribution is 2.38. The quantitative estimate of drug-likeness (QED) is 0.597. The summed E-state index contributed by atoms with van der Waals surface area (Å²) >= 11 is 0. The molecule has 2 nitrogen and oxygen atoms in total. The first-order valence-electron chi connectivity index (χ1n) is 5.26. The van der Waals surface area contributed by atoms with E-state index in [9.17, 15) is 0 Å². The van der Waals surface area contributed by atoms with Crippen LogP contribution in [0.2, 0.25) is 0 Å². The Labute approximate surface area is 87.2 Å². The van der Waals surface area contributed by atoms with Crippen LogP contribution in [0.15, 0.2) is 12.3 Å². The fraction of sp³-hybridized carbons (Fsp3) is 0.750. The first-order valence-corrected chi connectivity index (χ1v) is 5.26. The van der Waals surface area contributed by atoms with Gasteiger partial charge in [0.15, 0.2) is 0 Å². The maximum atomic E-state index is 8.57. The van der Waals surface area contributed by atoms with Gasteiger partial charge in [0, 0.05) is 23.4 Å². The molecule has 0 spiro atoms. The summed E-state index contributed by atoms with van der Waals surface area (Å²) in [5, 5.41) is 8.57. The minimum absolute atomic E-state index is 0.176. The molecule has 0 amide bonds. The molecule has 1 rings (SSSR count). The molecule has 14 heavy (non-hydrogen) atoms. The van der Waals surface area contributed by atoms with Crippen LogP contribution in [0.3, 0.4) is 0 Å². The van der Waals surface area contributed by atoms with Gasteiger partial charge in [0.1, 0.15) is 0 Å². The van der Waals surface area contributed by atoms with Gasteiger partial charge in [0.05, 0.1) is 6.07 Å². The maximum Gasteiger partial charge on any atom is 0.0927 e. The summed E-state index contributed by atoms with van der Waals surface area (Å²) in [4.78, 5) is 2.33. The Morgan fingerprint density at radius 1 is 1.14 bits per heavy atom. The van der Waals surface area contributed by atoms with Crippen molar-refractivity contribution in [2.24, 2.45) is 0 Å². The lowest BCUT2D eigenvalue weighted by atomic mass is 9.80. The second-order valence-corrected chi connectivity index (χ2v) is 5.29. The lowest BCUT2D eigenvalue weighted by Gasteiger charge is -2.52. The van der Waals surface area contributed by atoms with E-state index in [1.807, 2.05) is 6.20 Å². The number of piperidine rings is 1. The standard InChI is InChI=1S/C12H20N2/c1-11(2)7-5-8-12(3,4)14(11)10-6-9-13/h6,10H,5,7-8H2,1-4H3/b10-6+. The normalized spacial score (nSPS) is 24.9.